The molecule has 0 unspecified atom stereocenters. The molecule has 3 heteroatoms. The number of benzene rings is 1. The van der Waals surface area contributed by atoms with Crippen LogP contribution in [0.25, 0.3) is 0 Å². The van der Waals surface area contributed by atoms with Crippen molar-refractivity contribution in [1.82, 2.24) is 4.90 Å². The van der Waals surface area contributed by atoms with Gasteiger partial charge < -0.3 is 10.2 Å². The van der Waals surface area contributed by atoms with Gasteiger partial charge in [-0.1, -0.05) is 30.3 Å². The zero-order chi connectivity index (χ0) is 12.6. The molecule has 0 aliphatic heterocycles. The van der Waals surface area contributed by atoms with Crippen LogP contribution in [0.15, 0.2) is 53.1 Å². The smallest absolute Gasteiger partial charge is 0.117 e. The Morgan fingerprint density at radius 3 is 2.50 bits per heavy atom. The van der Waals surface area contributed by atoms with Gasteiger partial charge in [0.15, 0.2) is 0 Å². The van der Waals surface area contributed by atoms with E-state index in [1.165, 1.54) is 5.56 Å². The Kier molecular flexibility index (Phi) is 5.00. The molecule has 0 radical (unpaired) electrons. The first-order chi connectivity index (χ1) is 8.88. The van der Waals surface area contributed by atoms with Crippen LogP contribution in [-0.2, 0) is 13.0 Å². The van der Waals surface area contributed by atoms with E-state index in [1.54, 1.807) is 6.26 Å². The molecule has 2 aromatic rings. The predicted molar refractivity (Wildman–Crippen MR) is 73.2 cm³/mol. The fourth-order valence-electron chi connectivity index (χ4n) is 2.01. The molecule has 96 valence electrons. The minimum absolute atomic E-state index is 0.676. The van der Waals surface area contributed by atoms with E-state index >= 15 is 0 Å². The van der Waals surface area contributed by atoms with E-state index in [4.69, 9.17) is 10.2 Å². The Labute approximate surface area is 108 Å². The summed E-state index contributed by atoms with van der Waals surface area (Å²) in [6.07, 6.45) is 2.76. The van der Waals surface area contributed by atoms with Crippen LogP contribution in [0, 0.1) is 0 Å². The third kappa shape index (κ3) is 4.02. The quantitative estimate of drug-likeness (QED) is 0.812. The summed E-state index contributed by atoms with van der Waals surface area (Å²) in [7, 11) is 0. The first kappa shape index (κ1) is 12.9. The molecule has 0 fully saturated rings. The van der Waals surface area contributed by atoms with Gasteiger partial charge in [-0.3, -0.25) is 4.90 Å². The van der Waals surface area contributed by atoms with Gasteiger partial charge in [0, 0.05) is 19.6 Å². The Hall–Kier alpha value is -1.58. The van der Waals surface area contributed by atoms with Crippen molar-refractivity contribution in [1.29, 1.82) is 0 Å². The summed E-state index contributed by atoms with van der Waals surface area (Å²) >= 11 is 0. The van der Waals surface area contributed by atoms with Gasteiger partial charge >= 0.3 is 0 Å². The molecule has 0 spiro atoms. The average molecular weight is 244 g/mol. The predicted octanol–water partition coefficient (Wildman–Crippen LogP) is 2.28. The van der Waals surface area contributed by atoms with Gasteiger partial charge in [0.1, 0.15) is 5.76 Å². The van der Waals surface area contributed by atoms with Gasteiger partial charge in [-0.2, -0.15) is 0 Å². The van der Waals surface area contributed by atoms with E-state index in [2.05, 4.69) is 29.2 Å². The van der Waals surface area contributed by atoms with Crippen molar-refractivity contribution in [3.05, 3.63) is 60.1 Å². The fraction of sp³-hybridized carbons (Fsp3) is 0.333. The van der Waals surface area contributed by atoms with Crippen LogP contribution < -0.4 is 5.73 Å². The highest BCUT2D eigenvalue weighted by atomic mass is 16.3. The van der Waals surface area contributed by atoms with Crippen molar-refractivity contribution in [3.63, 3.8) is 0 Å². The fourth-order valence-corrected chi connectivity index (χ4v) is 2.01. The number of hydrogen-bond acceptors (Lipinski definition) is 3. The topological polar surface area (TPSA) is 42.4 Å². The maximum Gasteiger partial charge on any atom is 0.117 e. The summed E-state index contributed by atoms with van der Waals surface area (Å²) in [5.41, 5.74) is 7.02. The second kappa shape index (κ2) is 6.99. The van der Waals surface area contributed by atoms with Gasteiger partial charge in [0.2, 0.25) is 0 Å². The molecule has 0 bridgehead atoms. The molecule has 2 rings (SSSR count). The van der Waals surface area contributed by atoms with Crippen LogP contribution in [0.4, 0.5) is 0 Å². The molecule has 0 atom stereocenters. The van der Waals surface area contributed by atoms with Gasteiger partial charge in [0.05, 0.1) is 12.8 Å². The zero-order valence-electron chi connectivity index (χ0n) is 10.6. The third-order valence-electron chi connectivity index (χ3n) is 2.96. The van der Waals surface area contributed by atoms with E-state index < -0.39 is 0 Å². The van der Waals surface area contributed by atoms with E-state index in [0.29, 0.717) is 6.54 Å². The SMILES string of the molecule is NCCN(CCc1ccccc1)Cc1ccco1. The largest absolute Gasteiger partial charge is 0.468 e. The summed E-state index contributed by atoms with van der Waals surface area (Å²) < 4.78 is 5.38. The van der Waals surface area contributed by atoms with Gasteiger partial charge in [-0.15, -0.1) is 0 Å². The number of nitrogens with two attached hydrogens (primary N) is 1. The van der Waals surface area contributed by atoms with Crippen LogP contribution in [0.1, 0.15) is 11.3 Å². The Bertz CT molecular complexity index is 425. The van der Waals surface area contributed by atoms with Crippen molar-refractivity contribution in [2.75, 3.05) is 19.6 Å². The second-order valence-electron chi connectivity index (χ2n) is 4.38. The summed E-state index contributed by atoms with van der Waals surface area (Å²) in [6.45, 7) is 3.40. The van der Waals surface area contributed by atoms with Crippen molar-refractivity contribution < 1.29 is 4.42 Å². The number of nitrogens with zero attached hydrogens (tertiary/aromatic N) is 1. The Morgan fingerprint density at radius 1 is 1.00 bits per heavy atom. The molecule has 3 nitrogen and oxygen atoms in total. The third-order valence-corrected chi connectivity index (χ3v) is 2.96. The summed E-state index contributed by atoms with van der Waals surface area (Å²) in [5, 5.41) is 0. The van der Waals surface area contributed by atoms with E-state index in [1.807, 2.05) is 18.2 Å². The summed E-state index contributed by atoms with van der Waals surface area (Å²) in [5.74, 6) is 0.997. The number of furan rings is 1. The van der Waals surface area contributed by atoms with Crippen molar-refractivity contribution in [2.24, 2.45) is 5.73 Å². The highest BCUT2D eigenvalue weighted by molar-refractivity contribution is 5.14. The molecule has 2 N–H and O–H groups in total. The van der Waals surface area contributed by atoms with E-state index in [9.17, 15) is 0 Å². The molecular formula is C15H20N2O. The minimum atomic E-state index is 0.676. The molecule has 1 aromatic carbocycles. The number of rotatable bonds is 7. The molecule has 0 saturated carbocycles. The van der Waals surface area contributed by atoms with Crippen molar-refractivity contribution in [2.45, 2.75) is 13.0 Å². The standard InChI is InChI=1S/C15H20N2O/c16-9-11-17(13-15-7-4-12-18-15)10-8-14-5-2-1-3-6-14/h1-7,12H,8-11,13,16H2. The lowest BCUT2D eigenvalue weighted by Crippen LogP contribution is -2.30. The maximum atomic E-state index is 5.66. The van der Waals surface area contributed by atoms with Crippen LogP contribution in [0.2, 0.25) is 0 Å². The van der Waals surface area contributed by atoms with Crippen LogP contribution >= 0.6 is 0 Å². The number of hydrogen-bond donors (Lipinski definition) is 1. The van der Waals surface area contributed by atoms with Crippen molar-refractivity contribution in [3.8, 4) is 0 Å². The second-order valence-corrected chi connectivity index (χ2v) is 4.38. The highest BCUT2D eigenvalue weighted by Crippen LogP contribution is 2.07. The average Bonchev–Trinajstić information content (AvgIpc) is 2.90. The monoisotopic (exact) mass is 244 g/mol. The van der Waals surface area contributed by atoms with Gasteiger partial charge in [0.25, 0.3) is 0 Å². The van der Waals surface area contributed by atoms with Crippen LogP contribution in [0.5, 0.6) is 0 Å². The minimum Gasteiger partial charge on any atom is -0.468 e. The first-order valence-electron chi connectivity index (χ1n) is 6.37. The van der Waals surface area contributed by atoms with Crippen LogP contribution in [0.3, 0.4) is 0 Å². The maximum absolute atomic E-state index is 5.66. The molecule has 1 aromatic heterocycles. The van der Waals surface area contributed by atoms with Gasteiger partial charge in [-0.25, -0.2) is 0 Å². The molecule has 0 aliphatic rings. The lowest BCUT2D eigenvalue weighted by molar-refractivity contribution is 0.253. The lowest BCUT2D eigenvalue weighted by Gasteiger charge is -2.20. The summed E-state index contributed by atoms with van der Waals surface area (Å²) in [6, 6.07) is 14.5. The zero-order valence-corrected chi connectivity index (χ0v) is 10.6. The molecular weight excluding hydrogens is 224 g/mol. The molecule has 0 amide bonds. The molecule has 18 heavy (non-hydrogen) atoms. The molecule has 0 aliphatic carbocycles. The van der Waals surface area contributed by atoms with E-state index in [-0.39, 0.29) is 0 Å². The lowest BCUT2D eigenvalue weighted by atomic mass is 10.1. The van der Waals surface area contributed by atoms with Crippen molar-refractivity contribution >= 4 is 0 Å². The molecule has 0 saturated heterocycles. The van der Waals surface area contributed by atoms with Gasteiger partial charge in [-0.05, 0) is 24.1 Å². The first-order valence-corrected chi connectivity index (χ1v) is 6.37. The van der Waals surface area contributed by atoms with E-state index in [0.717, 1.165) is 31.8 Å². The Balaban J connectivity index is 1.86. The summed E-state index contributed by atoms with van der Waals surface area (Å²) in [4.78, 5) is 2.33. The Morgan fingerprint density at radius 2 is 1.83 bits per heavy atom. The normalized spacial score (nSPS) is 11.0. The molecule has 1 heterocycles. The highest BCUT2D eigenvalue weighted by Gasteiger charge is 2.07. The van der Waals surface area contributed by atoms with Crippen LogP contribution in [-0.4, -0.2) is 24.5 Å².